The maximum atomic E-state index is 11.0. The van der Waals surface area contributed by atoms with Crippen LogP contribution in [0.4, 0.5) is 0 Å². The summed E-state index contributed by atoms with van der Waals surface area (Å²) < 4.78 is 0. The van der Waals surface area contributed by atoms with Crippen molar-refractivity contribution >= 4 is 12.2 Å². The van der Waals surface area contributed by atoms with Crippen LogP contribution >= 0.6 is 0 Å². The van der Waals surface area contributed by atoms with Crippen LogP contribution in [0, 0.1) is 0 Å². The second kappa shape index (κ2) is 7.73. The topological polar surface area (TPSA) is 49.4 Å². The summed E-state index contributed by atoms with van der Waals surface area (Å²) in [6, 6.07) is 0. The van der Waals surface area contributed by atoms with E-state index in [-0.39, 0.29) is 5.91 Å². The fourth-order valence-corrected chi connectivity index (χ4v) is 1.10. The Labute approximate surface area is 79.3 Å². The summed E-state index contributed by atoms with van der Waals surface area (Å²) >= 11 is 0. The standard InChI is InChI=1S/C9H18N2O2/c1-3-5-11(6-4-7-12)8-9(13)10-2/h7H,3-6,8H2,1-2H3,(H,10,13). The predicted molar refractivity (Wildman–Crippen MR) is 51.5 cm³/mol. The Morgan fingerprint density at radius 2 is 2.15 bits per heavy atom. The fourth-order valence-electron chi connectivity index (χ4n) is 1.10. The van der Waals surface area contributed by atoms with Gasteiger partial charge >= 0.3 is 0 Å². The van der Waals surface area contributed by atoms with E-state index in [9.17, 15) is 9.59 Å². The van der Waals surface area contributed by atoms with Crippen molar-refractivity contribution in [3.05, 3.63) is 0 Å². The number of nitrogens with one attached hydrogen (secondary N) is 1. The molecule has 0 aromatic carbocycles. The Bertz CT molecular complexity index is 160. The lowest BCUT2D eigenvalue weighted by Gasteiger charge is -2.18. The molecular formula is C9H18N2O2. The van der Waals surface area contributed by atoms with Gasteiger partial charge in [-0.05, 0) is 13.0 Å². The van der Waals surface area contributed by atoms with Gasteiger partial charge in [0.05, 0.1) is 6.54 Å². The van der Waals surface area contributed by atoms with Crippen LogP contribution < -0.4 is 5.32 Å². The first-order valence-corrected chi connectivity index (χ1v) is 4.61. The fraction of sp³-hybridized carbons (Fsp3) is 0.778. The molecule has 0 radical (unpaired) electrons. The lowest BCUT2D eigenvalue weighted by Crippen LogP contribution is -2.36. The number of carbonyl (C=O) groups is 2. The summed E-state index contributed by atoms with van der Waals surface area (Å²) in [7, 11) is 1.62. The average molecular weight is 186 g/mol. The molecule has 0 fully saturated rings. The number of likely N-dealkylation sites (N-methyl/N-ethyl adjacent to an activating group) is 1. The second-order valence-electron chi connectivity index (χ2n) is 2.90. The van der Waals surface area contributed by atoms with Gasteiger partial charge in [-0.3, -0.25) is 9.69 Å². The monoisotopic (exact) mass is 186 g/mol. The van der Waals surface area contributed by atoms with E-state index in [1.165, 1.54) is 0 Å². The Morgan fingerprint density at radius 3 is 2.62 bits per heavy atom. The number of hydrogen-bond acceptors (Lipinski definition) is 3. The molecule has 0 aromatic rings. The minimum atomic E-state index is -0.000603. The minimum Gasteiger partial charge on any atom is -0.358 e. The molecule has 0 heterocycles. The SMILES string of the molecule is CCCN(CCC=O)CC(=O)NC. The zero-order chi connectivity index (χ0) is 10.1. The van der Waals surface area contributed by atoms with Crippen LogP contribution in [-0.2, 0) is 9.59 Å². The third kappa shape index (κ3) is 6.28. The highest BCUT2D eigenvalue weighted by atomic mass is 16.2. The molecule has 0 saturated carbocycles. The smallest absolute Gasteiger partial charge is 0.233 e. The zero-order valence-corrected chi connectivity index (χ0v) is 8.38. The Hall–Kier alpha value is -0.900. The molecule has 0 aliphatic heterocycles. The third-order valence-electron chi connectivity index (χ3n) is 1.75. The van der Waals surface area contributed by atoms with Gasteiger partial charge < -0.3 is 10.1 Å². The van der Waals surface area contributed by atoms with Crippen LogP contribution in [0.25, 0.3) is 0 Å². The summed E-state index contributed by atoms with van der Waals surface area (Å²) in [6.07, 6.45) is 2.37. The van der Waals surface area contributed by atoms with Crippen molar-refractivity contribution in [3.63, 3.8) is 0 Å². The first kappa shape index (κ1) is 12.1. The van der Waals surface area contributed by atoms with Gasteiger partial charge in [0, 0.05) is 20.0 Å². The van der Waals surface area contributed by atoms with Crippen LogP contribution in [0.3, 0.4) is 0 Å². The molecule has 0 unspecified atom stereocenters. The lowest BCUT2D eigenvalue weighted by molar-refractivity contribution is -0.122. The van der Waals surface area contributed by atoms with E-state index in [1.807, 2.05) is 4.90 Å². The highest BCUT2D eigenvalue weighted by Gasteiger charge is 2.07. The van der Waals surface area contributed by atoms with E-state index in [1.54, 1.807) is 7.05 Å². The molecule has 76 valence electrons. The molecule has 0 rings (SSSR count). The zero-order valence-electron chi connectivity index (χ0n) is 8.38. The quantitative estimate of drug-likeness (QED) is 0.571. The van der Waals surface area contributed by atoms with Gasteiger partial charge in [0.2, 0.25) is 5.91 Å². The molecule has 0 saturated heterocycles. The first-order valence-electron chi connectivity index (χ1n) is 4.61. The van der Waals surface area contributed by atoms with Crippen LogP contribution in [0.5, 0.6) is 0 Å². The molecule has 13 heavy (non-hydrogen) atoms. The summed E-state index contributed by atoms with van der Waals surface area (Å²) in [6.45, 7) is 3.97. The Kier molecular flexibility index (Phi) is 7.20. The third-order valence-corrected chi connectivity index (χ3v) is 1.75. The first-order chi connectivity index (χ1) is 6.24. The molecule has 0 aliphatic rings. The predicted octanol–water partition coefficient (Wildman–Crippen LogP) is 0.0334. The van der Waals surface area contributed by atoms with Gasteiger partial charge in [-0.15, -0.1) is 0 Å². The van der Waals surface area contributed by atoms with E-state index in [0.717, 1.165) is 19.3 Å². The van der Waals surface area contributed by atoms with Crippen LogP contribution in [-0.4, -0.2) is 43.8 Å². The van der Waals surface area contributed by atoms with Gasteiger partial charge in [0.15, 0.2) is 0 Å². The highest BCUT2D eigenvalue weighted by Crippen LogP contribution is 1.92. The van der Waals surface area contributed by atoms with Crippen molar-refractivity contribution in [3.8, 4) is 0 Å². The van der Waals surface area contributed by atoms with E-state index < -0.39 is 0 Å². The van der Waals surface area contributed by atoms with Crippen LogP contribution in [0.1, 0.15) is 19.8 Å². The maximum Gasteiger partial charge on any atom is 0.233 e. The second-order valence-corrected chi connectivity index (χ2v) is 2.90. The molecule has 0 aliphatic carbocycles. The summed E-state index contributed by atoms with van der Waals surface area (Å²) in [5.74, 6) is -0.000603. The molecule has 1 amide bonds. The molecule has 0 aromatic heterocycles. The number of hydrogen-bond donors (Lipinski definition) is 1. The van der Waals surface area contributed by atoms with Crippen molar-refractivity contribution in [1.29, 1.82) is 0 Å². The van der Waals surface area contributed by atoms with Gasteiger partial charge in [-0.2, -0.15) is 0 Å². The minimum absolute atomic E-state index is 0.000603. The summed E-state index contributed by atoms with van der Waals surface area (Å²) in [5, 5.41) is 2.56. The van der Waals surface area contributed by atoms with E-state index in [4.69, 9.17) is 0 Å². The van der Waals surface area contributed by atoms with Crippen molar-refractivity contribution in [2.24, 2.45) is 0 Å². The largest absolute Gasteiger partial charge is 0.358 e. The molecule has 4 heteroatoms. The average Bonchev–Trinajstić information content (AvgIpc) is 2.14. The maximum absolute atomic E-state index is 11.0. The highest BCUT2D eigenvalue weighted by molar-refractivity contribution is 5.77. The number of rotatable bonds is 7. The van der Waals surface area contributed by atoms with Gasteiger partial charge in [0.1, 0.15) is 6.29 Å². The number of amides is 1. The molecular weight excluding hydrogens is 168 g/mol. The molecule has 0 spiro atoms. The Balaban J connectivity index is 3.78. The number of carbonyl (C=O) groups excluding carboxylic acids is 2. The van der Waals surface area contributed by atoms with Crippen LogP contribution in [0.2, 0.25) is 0 Å². The number of aldehydes is 1. The molecule has 1 N–H and O–H groups in total. The van der Waals surface area contributed by atoms with Gasteiger partial charge in [-0.25, -0.2) is 0 Å². The lowest BCUT2D eigenvalue weighted by atomic mass is 10.3. The van der Waals surface area contributed by atoms with Crippen molar-refractivity contribution < 1.29 is 9.59 Å². The van der Waals surface area contributed by atoms with Gasteiger partial charge in [0.25, 0.3) is 0 Å². The Morgan fingerprint density at radius 1 is 1.46 bits per heavy atom. The summed E-state index contributed by atoms with van der Waals surface area (Å²) in [4.78, 5) is 23.1. The molecule has 4 nitrogen and oxygen atoms in total. The normalized spacial score (nSPS) is 10.1. The van der Waals surface area contributed by atoms with Crippen molar-refractivity contribution in [2.45, 2.75) is 19.8 Å². The number of nitrogens with zero attached hydrogens (tertiary/aromatic N) is 1. The van der Waals surface area contributed by atoms with E-state index >= 15 is 0 Å². The van der Waals surface area contributed by atoms with Crippen LogP contribution in [0.15, 0.2) is 0 Å². The van der Waals surface area contributed by atoms with E-state index in [2.05, 4.69) is 12.2 Å². The van der Waals surface area contributed by atoms with Crippen molar-refractivity contribution in [2.75, 3.05) is 26.7 Å². The van der Waals surface area contributed by atoms with Crippen molar-refractivity contribution in [1.82, 2.24) is 10.2 Å². The molecule has 0 atom stereocenters. The molecule has 0 bridgehead atoms. The summed E-state index contributed by atoms with van der Waals surface area (Å²) in [5.41, 5.74) is 0. The van der Waals surface area contributed by atoms with E-state index in [0.29, 0.717) is 19.5 Å². The van der Waals surface area contributed by atoms with Gasteiger partial charge in [-0.1, -0.05) is 6.92 Å².